The van der Waals surface area contributed by atoms with Crippen LogP contribution >= 0.6 is 22.7 Å². The Balaban J connectivity index is 1.73. The Morgan fingerprint density at radius 2 is 2.09 bits per heavy atom. The van der Waals surface area contributed by atoms with Crippen molar-refractivity contribution in [2.24, 2.45) is 0 Å². The van der Waals surface area contributed by atoms with Crippen LogP contribution in [0.3, 0.4) is 0 Å². The molecular weight excluding hydrogens is 330 g/mol. The van der Waals surface area contributed by atoms with Crippen LogP contribution in [0.1, 0.15) is 6.92 Å². The summed E-state index contributed by atoms with van der Waals surface area (Å²) < 4.78 is 1.05. The molecule has 114 valence electrons. The van der Waals surface area contributed by atoms with E-state index in [0.29, 0.717) is 11.4 Å². The molecule has 0 spiro atoms. The molecule has 7 heteroatoms. The third-order valence-corrected chi connectivity index (χ3v) is 5.69. The molecule has 0 fully saturated rings. The molecule has 0 unspecified atom stereocenters. The van der Waals surface area contributed by atoms with Gasteiger partial charge in [0.05, 0.1) is 0 Å². The molecule has 0 aliphatic carbocycles. The highest BCUT2D eigenvalue weighted by molar-refractivity contribution is 7.25. The van der Waals surface area contributed by atoms with Crippen molar-refractivity contribution in [3.63, 3.8) is 0 Å². The van der Waals surface area contributed by atoms with E-state index in [9.17, 15) is 9.59 Å². The molecule has 0 saturated carbocycles. The van der Waals surface area contributed by atoms with Crippen LogP contribution in [0.2, 0.25) is 0 Å². The summed E-state index contributed by atoms with van der Waals surface area (Å²) in [5.74, 6) is -0.214. The molecule has 0 atom stereocenters. The zero-order valence-corrected chi connectivity index (χ0v) is 13.7. The maximum absolute atomic E-state index is 12.0. The smallest absolute Gasteiger partial charge is 0.271 e. The van der Waals surface area contributed by atoms with E-state index in [-0.39, 0.29) is 11.8 Å². The van der Waals surface area contributed by atoms with Crippen LogP contribution < -0.4 is 5.43 Å². The number of thiophene rings is 2. The van der Waals surface area contributed by atoms with Crippen LogP contribution in [-0.2, 0) is 9.59 Å². The van der Waals surface area contributed by atoms with Crippen LogP contribution in [-0.4, -0.2) is 21.8 Å². The molecule has 1 aliphatic rings. The van der Waals surface area contributed by atoms with Gasteiger partial charge in [0, 0.05) is 37.7 Å². The molecule has 1 aliphatic heterocycles. The molecule has 23 heavy (non-hydrogen) atoms. The number of imide groups is 1. The molecule has 5 nitrogen and oxygen atoms in total. The minimum Gasteiger partial charge on any atom is -0.271 e. The number of nitrogens with zero attached hydrogens (tertiary/aromatic N) is 2. The number of rotatable bonds is 3. The molecule has 0 bridgehead atoms. The number of aromatic nitrogens is 1. The van der Waals surface area contributed by atoms with Crippen molar-refractivity contribution in [2.75, 3.05) is 5.43 Å². The minimum absolute atomic E-state index is 0.345. The first-order chi connectivity index (χ1) is 11.1. The number of anilines is 1. The van der Waals surface area contributed by atoms with Crippen LogP contribution in [0, 0.1) is 0 Å². The number of hydrogen-bond donors (Lipinski definition) is 1. The third kappa shape index (κ3) is 2.34. The average molecular weight is 341 g/mol. The van der Waals surface area contributed by atoms with Crippen molar-refractivity contribution in [3.8, 4) is 9.75 Å². The summed E-state index contributed by atoms with van der Waals surface area (Å²) in [6.45, 7) is 1.62. The Morgan fingerprint density at radius 1 is 1.22 bits per heavy atom. The van der Waals surface area contributed by atoms with Gasteiger partial charge in [-0.2, -0.15) is 5.01 Å². The van der Waals surface area contributed by atoms with Crippen molar-refractivity contribution >= 4 is 50.4 Å². The molecule has 3 aromatic rings. The van der Waals surface area contributed by atoms with Crippen molar-refractivity contribution in [3.05, 3.63) is 47.5 Å². The molecule has 2 amide bonds. The standard InChI is InChI=1S/C16H11N3O2S2/c1-9-7-14(20)19(16(9)21)18-15-10-8-13(12-3-2-6-22-12)23-11(10)4-5-17-15/h2-8H,1H3,(H,17,18). The Bertz CT molecular complexity index is 957. The average Bonchev–Trinajstić information content (AvgIpc) is 3.23. The van der Waals surface area contributed by atoms with Crippen LogP contribution in [0.25, 0.3) is 19.8 Å². The first-order valence-corrected chi connectivity index (χ1v) is 8.59. The fraction of sp³-hybridized carbons (Fsp3) is 0.0625. The lowest BCUT2D eigenvalue weighted by atomic mass is 10.3. The number of carbonyl (C=O) groups excluding carboxylic acids is 2. The van der Waals surface area contributed by atoms with Gasteiger partial charge < -0.3 is 0 Å². The predicted octanol–water partition coefficient (Wildman–Crippen LogP) is 3.67. The van der Waals surface area contributed by atoms with Crippen LogP contribution in [0.5, 0.6) is 0 Å². The molecule has 4 heterocycles. The normalized spacial score (nSPS) is 14.7. The lowest BCUT2D eigenvalue weighted by Crippen LogP contribution is -2.36. The third-order valence-electron chi connectivity index (χ3n) is 3.53. The fourth-order valence-electron chi connectivity index (χ4n) is 2.39. The highest BCUT2D eigenvalue weighted by Crippen LogP contribution is 2.38. The summed E-state index contributed by atoms with van der Waals surface area (Å²) in [4.78, 5) is 30.5. The lowest BCUT2D eigenvalue weighted by molar-refractivity contribution is -0.135. The number of hydrazine groups is 1. The molecule has 0 radical (unpaired) electrons. The lowest BCUT2D eigenvalue weighted by Gasteiger charge is -2.16. The molecular formula is C16H11N3O2S2. The van der Waals surface area contributed by atoms with E-state index >= 15 is 0 Å². The van der Waals surface area contributed by atoms with Crippen molar-refractivity contribution in [2.45, 2.75) is 6.92 Å². The van der Waals surface area contributed by atoms with Gasteiger partial charge in [0.25, 0.3) is 11.8 Å². The quantitative estimate of drug-likeness (QED) is 0.739. The Morgan fingerprint density at radius 3 is 2.78 bits per heavy atom. The topological polar surface area (TPSA) is 62.3 Å². The van der Waals surface area contributed by atoms with E-state index in [1.54, 1.807) is 35.8 Å². The number of carbonyl (C=O) groups is 2. The Hall–Kier alpha value is -2.51. The van der Waals surface area contributed by atoms with Gasteiger partial charge in [0.15, 0.2) is 5.82 Å². The van der Waals surface area contributed by atoms with Crippen LogP contribution in [0.4, 0.5) is 5.82 Å². The fourth-order valence-corrected chi connectivity index (χ4v) is 4.27. The maximum Gasteiger partial charge on any atom is 0.275 e. The summed E-state index contributed by atoms with van der Waals surface area (Å²) in [5.41, 5.74) is 3.27. The molecule has 0 saturated heterocycles. The summed E-state index contributed by atoms with van der Waals surface area (Å²) in [6, 6.07) is 8.04. The highest BCUT2D eigenvalue weighted by Gasteiger charge is 2.29. The highest BCUT2D eigenvalue weighted by atomic mass is 32.1. The molecule has 3 aromatic heterocycles. The second-order valence-electron chi connectivity index (χ2n) is 5.08. The van der Waals surface area contributed by atoms with Gasteiger partial charge >= 0.3 is 0 Å². The number of pyridine rings is 1. The summed E-state index contributed by atoms with van der Waals surface area (Å²) in [6.07, 6.45) is 2.99. The van der Waals surface area contributed by atoms with E-state index in [2.05, 4.69) is 16.5 Å². The SMILES string of the molecule is CC1=CC(=O)N(Nc2nccc3sc(-c4cccs4)cc23)C1=O. The molecule has 0 aromatic carbocycles. The van der Waals surface area contributed by atoms with E-state index in [1.165, 1.54) is 11.0 Å². The summed E-state index contributed by atoms with van der Waals surface area (Å²) in [7, 11) is 0. The van der Waals surface area contributed by atoms with Gasteiger partial charge in [0.2, 0.25) is 0 Å². The van der Waals surface area contributed by atoms with Crippen molar-refractivity contribution in [1.29, 1.82) is 0 Å². The van der Waals surface area contributed by atoms with E-state index in [4.69, 9.17) is 0 Å². The first-order valence-electron chi connectivity index (χ1n) is 6.89. The Kier molecular flexibility index (Phi) is 3.24. The Labute approximate surface area is 139 Å². The molecule has 1 N–H and O–H groups in total. The number of hydrogen-bond acceptors (Lipinski definition) is 6. The first kappa shape index (κ1) is 14.1. The second-order valence-corrected chi connectivity index (χ2v) is 7.11. The largest absolute Gasteiger partial charge is 0.275 e. The van der Waals surface area contributed by atoms with Crippen molar-refractivity contribution in [1.82, 2.24) is 9.99 Å². The second kappa shape index (κ2) is 5.29. The van der Waals surface area contributed by atoms with Gasteiger partial charge in [-0.25, -0.2) is 4.98 Å². The number of nitrogens with one attached hydrogen (secondary N) is 1. The molecule has 4 rings (SSSR count). The van der Waals surface area contributed by atoms with E-state index in [1.807, 2.05) is 23.6 Å². The zero-order valence-electron chi connectivity index (χ0n) is 12.1. The number of amides is 2. The monoisotopic (exact) mass is 341 g/mol. The van der Waals surface area contributed by atoms with Gasteiger partial charge in [-0.15, -0.1) is 22.7 Å². The minimum atomic E-state index is -0.375. The van der Waals surface area contributed by atoms with Gasteiger partial charge in [0.1, 0.15) is 0 Å². The van der Waals surface area contributed by atoms with Crippen LogP contribution in [0.15, 0.2) is 47.5 Å². The maximum atomic E-state index is 12.0. The zero-order chi connectivity index (χ0) is 16.0. The van der Waals surface area contributed by atoms with Crippen molar-refractivity contribution < 1.29 is 9.59 Å². The number of fused-ring (bicyclic) bond motifs is 1. The van der Waals surface area contributed by atoms with Gasteiger partial charge in [-0.3, -0.25) is 15.0 Å². The van der Waals surface area contributed by atoms with E-state index in [0.717, 1.165) is 20.0 Å². The van der Waals surface area contributed by atoms with E-state index < -0.39 is 0 Å². The van der Waals surface area contributed by atoms with Gasteiger partial charge in [-0.1, -0.05) is 6.07 Å². The summed E-state index contributed by atoms with van der Waals surface area (Å²) in [5, 5.41) is 3.93. The van der Waals surface area contributed by atoms with Gasteiger partial charge in [-0.05, 0) is 30.5 Å². The predicted molar refractivity (Wildman–Crippen MR) is 92.2 cm³/mol. The summed E-state index contributed by atoms with van der Waals surface area (Å²) >= 11 is 3.33.